The zero-order valence-electron chi connectivity index (χ0n) is 11.5. The van der Waals surface area contributed by atoms with Crippen LogP contribution in [-0.2, 0) is 10.0 Å². The molecule has 6 nitrogen and oxygen atoms in total. The summed E-state index contributed by atoms with van der Waals surface area (Å²) < 4.78 is 31.8. The van der Waals surface area contributed by atoms with Gasteiger partial charge in [0.05, 0.1) is 23.9 Å². The fraction of sp³-hybridized carbons (Fsp3) is 0.143. The number of hydrogen-bond donors (Lipinski definition) is 1. The van der Waals surface area contributed by atoms with Gasteiger partial charge in [0, 0.05) is 11.6 Å². The molecule has 1 aromatic carbocycles. The molecule has 0 unspecified atom stereocenters. The molecule has 110 valence electrons. The van der Waals surface area contributed by atoms with Gasteiger partial charge in [0.25, 0.3) is 10.0 Å². The van der Waals surface area contributed by atoms with Crippen molar-refractivity contribution >= 4 is 21.5 Å². The Bertz CT molecular complexity index is 755. The molecule has 2 rings (SSSR count). The molecule has 7 heteroatoms. The molecule has 0 atom stereocenters. The third kappa shape index (κ3) is 3.57. The molecule has 0 saturated carbocycles. The van der Waals surface area contributed by atoms with Crippen molar-refractivity contribution in [3.05, 3.63) is 48.2 Å². The SMILES string of the molecule is COc1ccc(NS(=O)(=O)c2cccc(C(C)=O)c2)cn1. The van der Waals surface area contributed by atoms with Crippen molar-refractivity contribution in [1.82, 2.24) is 4.98 Å². The quantitative estimate of drug-likeness (QED) is 0.855. The lowest BCUT2D eigenvalue weighted by molar-refractivity contribution is 0.101. The Labute approximate surface area is 122 Å². The average molecular weight is 306 g/mol. The Hall–Kier alpha value is -2.41. The molecule has 2 aromatic rings. The van der Waals surface area contributed by atoms with E-state index in [2.05, 4.69) is 9.71 Å². The van der Waals surface area contributed by atoms with E-state index in [4.69, 9.17) is 4.74 Å². The molecule has 0 fully saturated rings. The number of ether oxygens (including phenoxy) is 1. The van der Waals surface area contributed by atoms with Crippen molar-refractivity contribution < 1.29 is 17.9 Å². The van der Waals surface area contributed by atoms with Gasteiger partial charge in [-0.3, -0.25) is 9.52 Å². The second-order valence-electron chi connectivity index (χ2n) is 4.28. The highest BCUT2D eigenvalue weighted by Gasteiger charge is 2.15. The van der Waals surface area contributed by atoms with E-state index in [0.29, 0.717) is 17.1 Å². The summed E-state index contributed by atoms with van der Waals surface area (Å²) in [5.74, 6) is 0.190. The molecular formula is C14H14N2O4S. The van der Waals surface area contributed by atoms with Gasteiger partial charge in [-0.25, -0.2) is 13.4 Å². The number of benzene rings is 1. The van der Waals surface area contributed by atoms with Crippen LogP contribution in [0.2, 0.25) is 0 Å². The Morgan fingerprint density at radius 1 is 1.24 bits per heavy atom. The Balaban J connectivity index is 2.29. The maximum atomic E-state index is 12.2. The standard InChI is InChI=1S/C14H14N2O4S/c1-10(17)11-4-3-5-13(8-11)21(18,19)16-12-6-7-14(20-2)15-9-12/h3-9,16H,1-2H3. The lowest BCUT2D eigenvalue weighted by Gasteiger charge is -2.09. The van der Waals surface area contributed by atoms with Crippen LogP contribution in [0.5, 0.6) is 5.88 Å². The van der Waals surface area contributed by atoms with Crippen LogP contribution in [0.25, 0.3) is 0 Å². The van der Waals surface area contributed by atoms with Crippen molar-refractivity contribution in [3.63, 3.8) is 0 Å². The zero-order chi connectivity index (χ0) is 15.5. The van der Waals surface area contributed by atoms with Gasteiger partial charge in [-0.2, -0.15) is 0 Å². The maximum absolute atomic E-state index is 12.2. The van der Waals surface area contributed by atoms with Crippen molar-refractivity contribution in [1.29, 1.82) is 0 Å². The largest absolute Gasteiger partial charge is 0.481 e. The number of rotatable bonds is 5. The van der Waals surface area contributed by atoms with E-state index >= 15 is 0 Å². The van der Waals surface area contributed by atoms with Gasteiger partial charge >= 0.3 is 0 Å². The van der Waals surface area contributed by atoms with Crippen LogP contribution in [0, 0.1) is 0 Å². The van der Waals surface area contributed by atoms with Crippen LogP contribution in [0.15, 0.2) is 47.5 Å². The summed E-state index contributed by atoms with van der Waals surface area (Å²) in [4.78, 5) is 15.3. The topological polar surface area (TPSA) is 85.4 Å². The third-order valence-electron chi connectivity index (χ3n) is 2.75. The minimum absolute atomic E-state index is 0.0195. The van der Waals surface area contributed by atoms with Gasteiger partial charge in [-0.05, 0) is 25.1 Å². The summed E-state index contributed by atoms with van der Waals surface area (Å²) in [6, 6.07) is 8.93. The number of aromatic nitrogens is 1. The first-order valence-electron chi connectivity index (χ1n) is 6.06. The van der Waals surface area contributed by atoms with Crippen molar-refractivity contribution in [2.45, 2.75) is 11.8 Å². The molecule has 0 amide bonds. The first-order valence-corrected chi connectivity index (χ1v) is 7.54. The molecule has 0 aliphatic carbocycles. The number of pyridine rings is 1. The van der Waals surface area contributed by atoms with Crippen LogP contribution in [-0.4, -0.2) is 26.3 Å². The van der Waals surface area contributed by atoms with E-state index < -0.39 is 10.0 Å². The number of carbonyl (C=O) groups is 1. The van der Waals surface area contributed by atoms with E-state index in [-0.39, 0.29) is 10.7 Å². The van der Waals surface area contributed by atoms with E-state index in [9.17, 15) is 13.2 Å². The van der Waals surface area contributed by atoms with Crippen LogP contribution in [0.4, 0.5) is 5.69 Å². The van der Waals surface area contributed by atoms with Gasteiger partial charge in [0.15, 0.2) is 5.78 Å². The summed E-state index contributed by atoms with van der Waals surface area (Å²) in [5, 5.41) is 0. The summed E-state index contributed by atoms with van der Waals surface area (Å²) in [5.41, 5.74) is 0.648. The second kappa shape index (κ2) is 5.92. The average Bonchev–Trinajstić information content (AvgIpc) is 2.48. The molecule has 0 aliphatic heterocycles. The van der Waals surface area contributed by atoms with Crippen LogP contribution in [0.3, 0.4) is 0 Å². The number of ketones is 1. The fourth-order valence-corrected chi connectivity index (χ4v) is 2.75. The maximum Gasteiger partial charge on any atom is 0.261 e. The van der Waals surface area contributed by atoms with Gasteiger partial charge in [0.2, 0.25) is 5.88 Å². The van der Waals surface area contributed by atoms with Gasteiger partial charge < -0.3 is 4.74 Å². The predicted octanol–water partition coefficient (Wildman–Crippen LogP) is 2.09. The number of nitrogens with one attached hydrogen (secondary N) is 1. The Kier molecular flexibility index (Phi) is 4.23. The third-order valence-corrected chi connectivity index (χ3v) is 4.13. The molecule has 21 heavy (non-hydrogen) atoms. The van der Waals surface area contributed by atoms with Gasteiger partial charge in [0.1, 0.15) is 0 Å². The highest BCUT2D eigenvalue weighted by atomic mass is 32.2. The number of nitrogens with zero attached hydrogens (tertiary/aromatic N) is 1. The normalized spacial score (nSPS) is 11.0. The number of methoxy groups -OCH3 is 1. The fourth-order valence-electron chi connectivity index (χ4n) is 1.66. The summed E-state index contributed by atoms with van der Waals surface area (Å²) in [6.45, 7) is 1.38. The summed E-state index contributed by atoms with van der Waals surface area (Å²) in [6.07, 6.45) is 1.35. The first-order chi connectivity index (χ1) is 9.92. The smallest absolute Gasteiger partial charge is 0.261 e. The monoisotopic (exact) mass is 306 g/mol. The molecule has 1 heterocycles. The first kappa shape index (κ1) is 15.0. The summed E-state index contributed by atoms with van der Waals surface area (Å²) >= 11 is 0. The Morgan fingerprint density at radius 2 is 2.00 bits per heavy atom. The molecule has 0 spiro atoms. The minimum atomic E-state index is -3.77. The molecule has 0 radical (unpaired) electrons. The Morgan fingerprint density at radius 3 is 2.57 bits per heavy atom. The number of hydrogen-bond acceptors (Lipinski definition) is 5. The predicted molar refractivity (Wildman–Crippen MR) is 78.0 cm³/mol. The van der Waals surface area contributed by atoms with Crippen LogP contribution in [0.1, 0.15) is 17.3 Å². The molecule has 1 N–H and O–H groups in total. The number of sulfonamides is 1. The lowest BCUT2D eigenvalue weighted by atomic mass is 10.2. The van der Waals surface area contributed by atoms with Crippen molar-refractivity contribution in [2.24, 2.45) is 0 Å². The van der Waals surface area contributed by atoms with E-state index in [1.165, 1.54) is 44.5 Å². The number of anilines is 1. The van der Waals surface area contributed by atoms with Crippen molar-refractivity contribution in [2.75, 3.05) is 11.8 Å². The molecule has 0 aliphatic rings. The second-order valence-corrected chi connectivity index (χ2v) is 5.96. The van der Waals surface area contributed by atoms with E-state index in [1.54, 1.807) is 12.1 Å². The van der Waals surface area contributed by atoms with Crippen LogP contribution >= 0.6 is 0 Å². The number of carbonyl (C=O) groups excluding carboxylic acids is 1. The van der Waals surface area contributed by atoms with Crippen LogP contribution < -0.4 is 9.46 Å². The summed E-state index contributed by atoms with van der Waals surface area (Å²) in [7, 11) is -2.30. The highest BCUT2D eigenvalue weighted by molar-refractivity contribution is 7.92. The van der Waals surface area contributed by atoms with Gasteiger partial charge in [-0.15, -0.1) is 0 Å². The lowest BCUT2D eigenvalue weighted by Crippen LogP contribution is -2.13. The molecule has 0 saturated heterocycles. The van der Waals surface area contributed by atoms with E-state index in [1.807, 2.05) is 0 Å². The minimum Gasteiger partial charge on any atom is -0.481 e. The number of Topliss-reactive ketones (excluding diaryl/α,β-unsaturated/α-hetero) is 1. The van der Waals surface area contributed by atoms with Crippen molar-refractivity contribution in [3.8, 4) is 5.88 Å². The molecule has 0 bridgehead atoms. The molecular weight excluding hydrogens is 292 g/mol. The zero-order valence-corrected chi connectivity index (χ0v) is 12.3. The highest BCUT2D eigenvalue weighted by Crippen LogP contribution is 2.18. The van der Waals surface area contributed by atoms with E-state index in [0.717, 1.165) is 0 Å². The van der Waals surface area contributed by atoms with Gasteiger partial charge in [-0.1, -0.05) is 12.1 Å². The molecule has 1 aromatic heterocycles.